The number of aromatic nitrogens is 1. The lowest BCUT2D eigenvalue weighted by Crippen LogP contribution is -2.32. The zero-order valence-corrected chi connectivity index (χ0v) is 16.1. The summed E-state index contributed by atoms with van der Waals surface area (Å²) in [5, 5.41) is 8.31. The largest absolute Gasteiger partial charge is 0.494 e. The monoisotopic (exact) mass is 365 g/mol. The molecule has 1 atom stereocenters. The summed E-state index contributed by atoms with van der Waals surface area (Å²) in [6.45, 7) is 4.28. The zero-order valence-electron chi connectivity index (χ0n) is 15.2. The van der Waals surface area contributed by atoms with Gasteiger partial charge in [-0.1, -0.05) is 31.2 Å². The molecule has 0 saturated carbocycles. The van der Waals surface area contributed by atoms with Gasteiger partial charge in [0.25, 0.3) is 0 Å². The molecule has 3 aromatic rings. The van der Waals surface area contributed by atoms with Crippen LogP contribution < -0.4 is 15.4 Å². The molecule has 0 bridgehead atoms. The Hall–Kier alpha value is -2.66. The first kappa shape index (κ1) is 18.1. The second-order valence-corrected chi connectivity index (χ2v) is 6.54. The van der Waals surface area contributed by atoms with Crippen LogP contribution in [0.2, 0.25) is 0 Å². The molecule has 3 rings (SSSR count). The second-order valence-electron chi connectivity index (χ2n) is 6.13. The predicted octanol–water partition coefficient (Wildman–Crippen LogP) is 4.99. The minimum atomic E-state index is 0.166. The third-order valence-corrected chi connectivity index (χ3v) is 4.70. The molecule has 0 aliphatic heterocycles. The maximum atomic E-state index is 5.57. The first-order valence-corrected chi connectivity index (χ1v) is 9.09. The van der Waals surface area contributed by atoms with Gasteiger partial charge < -0.3 is 15.4 Å². The lowest BCUT2D eigenvalue weighted by molar-refractivity contribution is 0.419. The molecule has 0 spiro atoms. The van der Waals surface area contributed by atoms with Crippen LogP contribution in [-0.4, -0.2) is 17.2 Å². The number of ether oxygens (including phenoxy) is 1. The standard InChI is InChI=1S/C21H23N3OS/c1-4-17(15-9-6-5-8-14(15)2)23-21(26)24-18-11-12-19(25-3)20-16(18)10-7-13-22-20/h5-13,17H,4H2,1-3H3,(H2,23,24,26)/t17-/m1/s1. The first-order valence-electron chi connectivity index (χ1n) is 8.68. The van der Waals surface area contributed by atoms with Crippen LogP contribution in [-0.2, 0) is 0 Å². The lowest BCUT2D eigenvalue weighted by atomic mass is 10.00. The number of nitrogens with zero attached hydrogens (tertiary/aromatic N) is 1. The summed E-state index contributed by atoms with van der Waals surface area (Å²) in [5.74, 6) is 0.747. The fourth-order valence-corrected chi connectivity index (χ4v) is 3.37. The van der Waals surface area contributed by atoms with Crippen LogP contribution in [0.4, 0.5) is 5.69 Å². The number of benzene rings is 2. The van der Waals surface area contributed by atoms with E-state index >= 15 is 0 Å². The Bertz CT molecular complexity index is 926. The van der Waals surface area contributed by atoms with Gasteiger partial charge in [0, 0.05) is 17.3 Å². The molecule has 0 unspecified atom stereocenters. The predicted molar refractivity (Wildman–Crippen MR) is 112 cm³/mol. The van der Waals surface area contributed by atoms with E-state index in [9.17, 15) is 0 Å². The average molecular weight is 366 g/mol. The molecule has 134 valence electrons. The Kier molecular flexibility index (Phi) is 5.68. The molecule has 0 saturated heterocycles. The molecule has 0 aliphatic rings. The smallest absolute Gasteiger partial charge is 0.171 e. The highest BCUT2D eigenvalue weighted by Gasteiger charge is 2.14. The lowest BCUT2D eigenvalue weighted by Gasteiger charge is -2.22. The quantitative estimate of drug-likeness (QED) is 0.624. The fourth-order valence-electron chi connectivity index (χ4n) is 3.11. The van der Waals surface area contributed by atoms with Crippen LogP contribution in [0.25, 0.3) is 10.9 Å². The summed E-state index contributed by atoms with van der Waals surface area (Å²) < 4.78 is 5.40. The molecule has 0 aliphatic carbocycles. The van der Waals surface area contributed by atoms with Gasteiger partial charge >= 0.3 is 0 Å². The highest BCUT2D eigenvalue weighted by molar-refractivity contribution is 7.80. The first-order chi connectivity index (χ1) is 12.6. The molecule has 1 aromatic heterocycles. The van der Waals surface area contributed by atoms with E-state index in [0.717, 1.165) is 28.8 Å². The van der Waals surface area contributed by atoms with Crippen LogP contribution in [0.1, 0.15) is 30.5 Å². The van der Waals surface area contributed by atoms with Gasteiger partial charge in [0.15, 0.2) is 5.11 Å². The van der Waals surface area contributed by atoms with Crippen molar-refractivity contribution in [3.8, 4) is 5.75 Å². The van der Waals surface area contributed by atoms with E-state index in [1.54, 1.807) is 13.3 Å². The zero-order chi connectivity index (χ0) is 18.5. The van der Waals surface area contributed by atoms with Crippen LogP contribution in [0.15, 0.2) is 54.7 Å². The summed E-state index contributed by atoms with van der Waals surface area (Å²) in [7, 11) is 1.65. The van der Waals surface area contributed by atoms with Gasteiger partial charge in [-0.2, -0.15) is 0 Å². The van der Waals surface area contributed by atoms with Gasteiger partial charge in [0.1, 0.15) is 11.3 Å². The Morgan fingerprint density at radius 2 is 1.96 bits per heavy atom. The number of thiocarbonyl (C=S) groups is 1. The topological polar surface area (TPSA) is 46.2 Å². The molecule has 26 heavy (non-hydrogen) atoms. The summed E-state index contributed by atoms with van der Waals surface area (Å²) in [4.78, 5) is 4.43. The van der Waals surface area contributed by atoms with Crippen molar-refractivity contribution in [2.24, 2.45) is 0 Å². The number of anilines is 1. The van der Waals surface area contributed by atoms with Crippen LogP contribution in [0.5, 0.6) is 5.75 Å². The molecule has 1 heterocycles. The molecule has 5 heteroatoms. The van der Waals surface area contributed by atoms with Crippen molar-refractivity contribution in [3.05, 3.63) is 65.9 Å². The third kappa shape index (κ3) is 3.78. The minimum absolute atomic E-state index is 0.166. The average Bonchev–Trinajstić information content (AvgIpc) is 2.67. The molecular formula is C21H23N3OS. The van der Waals surface area contributed by atoms with Crippen LogP contribution in [0, 0.1) is 6.92 Å². The summed E-state index contributed by atoms with van der Waals surface area (Å²) in [6.07, 6.45) is 2.70. The van der Waals surface area contributed by atoms with E-state index in [0.29, 0.717) is 5.11 Å². The maximum Gasteiger partial charge on any atom is 0.171 e. The van der Waals surface area contributed by atoms with Crippen molar-refractivity contribution >= 4 is 33.9 Å². The Balaban J connectivity index is 1.82. The van der Waals surface area contributed by atoms with Crippen molar-refractivity contribution in [3.63, 3.8) is 0 Å². The molecule has 0 fully saturated rings. The minimum Gasteiger partial charge on any atom is -0.494 e. The molecule has 0 radical (unpaired) electrons. The Morgan fingerprint density at radius 1 is 1.15 bits per heavy atom. The normalized spacial score (nSPS) is 11.8. The van der Waals surface area contributed by atoms with Crippen molar-refractivity contribution in [1.82, 2.24) is 10.3 Å². The number of methoxy groups -OCH3 is 1. The summed E-state index contributed by atoms with van der Waals surface area (Å²) in [5.41, 5.74) is 4.24. The van der Waals surface area contributed by atoms with Crippen molar-refractivity contribution in [1.29, 1.82) is 0 Å². The van der Waals surface area contributed by atoms with Crippen LogP contribution >= 0.6 is 12.2 Å². The highest BCUT2D eigenvalue weighted by atomic mass is 32.1. The molecule has 0 amide bonds. The number of hydrogen-bond donors (Lipinski definition) is 2. The van der Waals surface area contributed by atoms with Gasteiger partial charge in [-0.05, 0) is 61.0 Å². The van der Waals surface area contributed by atoms with Crippen LogP contribution in [0.3, 0.4) is 0 Å². The number of fused-ring (bicyclic) bond motifs is 1. The molecular weight excluding hydrogens is 342 g/mol. The van der Waals surface area contributed by atoms with E-state index < -0.39 is 0 Å². The molecule has 2 N–H and O–H groups in total. The van der Waals surface area contributed by atoms with Gasteiger partial charge in [0.2, 0.25) is 0 Å². The van der Waals surface area contributed by atoms with E-state index in [1.165, 1.54) is 11.1 Å². The Labute approximate surface area is 159 Å². The van der Waals surface area contributed by atoms with Gasteiger partial charge in [-0.25, -0.2) is 0 Å². The molecule has 2 aromatic carbocycles. The summed E-state index contributed by atoms with van der Waals surface area (Å²) in [6, 6.07) is 16.3. The maximum absolute atomic E-state index is 5.57. The van der Waals surface area contributed by atoms with E-state index in [2.05, 4.69) is 53.7 Å². The molecule has 4 nitrogen and oxygen atoms in total. The highest BCUT2D eigenvalue weighted by Crippen LogP contribution is 2.30. The second kappa shape index (κ2) is 8.15. The van der Waals surface area contributed by atoms with E-state index in [-0.39, 0.29) is 6.04 Å². The summed E-state index contributed by atoms with van der Waals surface area (Å²) >= 11 is 5.57. The number of pyridine rings is 1. The van der Waals surface area contributed by atoms with Crippen molar-refractivity contribution < 1.29 is 4.74 Å². The number of nitrogens with one attached hydrogen (secondary N) is 2. The number of hydrogen-bond acceptors (Lipinski definition) is 3. The van der Waals surface area contributed by atoms with E-state index in [4.69, 9.17) is 17.0 Å². The van der Waals surface area contributed by atoms with E-state index in [1.807, 2.05) is 24.3 Å². The van der Waals surface area contributed by atoms with Gasteiger partial charge in [0.05, 0.1) is 13.2 Å². The third-order valence-electron chi connectivity index (χ3n) is 4.48. The SMILES string of the molecule is CC[C@@H](NC(=S)Nc1ccc(OC)c2ncccc12)c1ccccc1C. The van der Waals surface area contributed by atoms with Gasteiger partial charge in [-0.15, -0.1) is 0 Å². The van der Waals surface area contributed by atoms with Crippen molar-refractivity contribution in [2.45, 2.75) is 26.3 Å². The Morgan fingerprint density at radius 3 is 2.69 bits per heavy atom. The number of aryl methyl sites for hydroxylation is 1. The number of rotatable bonds is 5. The fraction of sp³-hybridized carbons (Fsp3) is 0.238. The van der Waals surface area contributed by atoms with Crippen molar-refractivity contribution in [2.75, 3.05) is 12.4 Å². The van der Waals surface area contributed by atoms with Gasteiger partial charge in [-0.3, -0.25) is 4.98 Å².